The highest BCUT2D eigenvalue weighted by atomic mass is 32.2. The topological polar surface area (TPSA) is 52.6 Å². The Morgan fingerprint density at radius 1 is 1.32 bits per heavy atom. The van der Waals surface area contributed by atoms with E-state index in [-0.39, 0.29) is 11.5 Å². The zero-order valence-electron chi connectivity index (χ0n) is 11.4. The van der Waals surface area contributed by atoms with Crippen molar-refractivity contribution in [1.29, 1.82) is 0 Å². The molecule has 1 aromatic carbocycles. The van der Waals surface area contributed by atoms with Gasteiger partial charge in [0.05, 0.1) is 17.1 Å². The van der Waals surface area contributed by atoms with E-state index >= 15 is 0 Å². The van der Waals surface area contributed by atoms with Crippen LogP contribution in [0, 0.1) is 6.92 Å². The number of hydrogen-bond donors (Lipinski definition) is 0. The van der Waals surface area contributed by atoms with E-state index in [1.54, 1.807) is 24.3 Å². The largest absolute Gasteiger partial charge is 0.373 e. The molecular formula is C14H20O4S. The minimum Gasteiger partial charge on any atom is -0.373 e. The maximum Gasteiger partial charge on any atom is 0.297 e. The van der Waals surface area contributed by atoms with E-state index in [9.17, 15) is 8.42 Å². The lowest BCUT2D eigenvalue weighted by molar-refractivity contribution is -0.0316. The van der Waals surface area contributed by atoms with Crippen molar-refractivity contribution in [2.45, 2.75) is 43.6 Å². The van der Waals surface area contributed by atoms with Crippen LogP contribution in [0.1, 0.15) is 31.7 Å². The van der Waals surface area contributed by atoms with E-state index < -0.39 is 15.7 Å². The molecule has 5 heteroatoms. The molecule has 4 nitrogen and oxygen atoms in total. The summed E-state index contributed by atoms with van der Waals surface area (Å²) in [6, 6.07) is 6.66. The van der Waals surface area contributed by atoms with Gasteiger partial charge in [0.2, 0.25) is 0 Å². The molecule has 1 aliphatic heterocycles. The molecule has 1 heterocycles. The van der Waals surface area contributed by atoms with Crippen molar-refractivity contribution < 1.29 is 17.3 Å². The minimum atomic E-state index is -3.69. The Bertz CT molecular complexity index is 513. The number of ether oxygens (including phenoxy) is 1. The summed E-state index contributed by atoms with van der Waals surface area (Å²) in [6.45, 7) is 4.68. The van der Waals surface area contributed by atoms with Crippen molar-refractivity contribution >= 4 is 10.1 Å². The van der Waals surface area contributed by atoms with Crippen LogP contribution in [0.25, 0.3) is 0 Å². The van der Waals surface area contributed by atoms with Gasteiger partial charge in [-0.3, -0.25) is 4.18 Å². The van der Waals surface area contributed by atoms with Gasteiger partial charge < -0.3 is 4.74 Å². The van der Waals surface area contributed by atoms with Gasteiger partial charge in [-0.2, -0.15) is 8.42 Å². The van der Waals surface area contributed by atoms with Crippen molar-refractivity contribution in [3.8, 4) is 0 Å². The average molecular weight is 284 g/mol. The molecule has 0 aliphatic carbocycles. The lowest BCUT2D eigenvalue weighted by Crippen LogP contribution is -2.34. The highest BCUT2D eigenvalue weighted by Crippen LogP contribution is 2.30. The maximum atomic E-state index is 12.1. The zero-order valence-corrected chi connectivity index (χ0v) is 12.2. The molecule has 2 rings (SSSR count). The second kappa shape index (κ2) is 5.61. The van der Waals surface area contributed by atoms with E-state index in [4.69, 9.17) is 8.92 Å². The predicted octanol–water partition coefficient (Wildman–Crippen LogP) is 2.66. The normalized spacial score (nSPS) is 23.7. The second-order valence-corrected chi connectivity index (χ2v) is 6.63. The van der Waals surface area contributed by atoms with Gasteiger partial charge in [0.15, 0.2) is 0 Å². The molecule has 1 unspecified atom stereocenters. The monoisotopic (exact) mass is 284 g/mol. The summed E-state index contributed by atoms with van der Waals surface area (Å²) in [6.07, 6.45) is 2.57. The van der Waals surface area contributed by atoms with Crippen LogP contribution in [-0.2, 0) is 19.0 Å². The quantitative estimate of drug-likeness (QED) is 0.780. The Morgan fingerprint density at radius 2 is 2.00 bits per heavy atom. The highest BCUT2D eigenvalue weighted by molar-refractivity contribution is 7.86. The third kappa shape index (κ3) is 3.35. The Labute approximate surface area is 114 Å². The molecule has 0 N–H and O–H groups in total. The van der Waals surface area contributed by atoms with Crippen molar-refractivity contribution in [2.24, 2.45) is 0 Å². The van der Waals surface area contributed by atoms with Gasteiger partial charge in [-0.15, -0.1) is 0 Å². The van der Waals surface area contributed by atoms with Crippen LogP contribution >= 0.6 is 0 Å². The highest BCUT2D eigenvalue weighted by Gasteiger charge is 2.35. The first kappa shape index (κ1) is 14.5. The molecule has 1 aromatic rings. The molecule has 0 amide bonds. The predicted molar refractivity (Wildman–Crippen MR) is 72.5 cm³/mol. The van der Waals surface area contributed by atoms with Gasteiger partial charge in [0.25, 0.3) is 10.1 Å². The van der Waals surface area contributed by atoms with Crippen molar-refractivity contribution in [3.63, 3.8) is 0 Å². The third-order valence-electron chi connectivity index (χ3n) is 3.62. The van der Waals surface area contributed by atoms with E-state index in [2.05, 4.69) is 0 Å². The summed E-state index contributed by atoms with van der Waals surface area (Å²) in [5.74, 6) is 0. The van der Waals surface area contributed by atoms with Crippen LogP contribution in [0.5, 0.6) is 0 Å². The van der Waals surface area contributed by atoms with Crippen molar-refractivity contribution in [1.82, 2.24) is 0 Å². The SMILES string of the molecule is CCC1(COS(=O)(=O)c2ccc(C)cc2)CCCO1. The summed E-state index contributed by atoms with van der Waals surface area (Å²) in [7, 11) is -3.69. The second-order valence-electron chi connectivity index (χ2n) is 5.02. The lowest BCUT2D eigenvalue weighted by Gasteiger charge is -2.26. The fraction of sp³-hybridized carbons (Fsp3) is 0.571. The van der Waals surface area contributed by atoms with Crippen LogP contribution < -0.4 is 0 Å². The van der Waals surface area contributed by atoms with E-state index in [0.717, 1.165) is 24.8 Å². The average Bonchev–Trinajstić information content (AvgIpc) is 2.87. The molecular weight excluding hydrogens is 264 g/mol. The molecule has 0 aromatic heterocycles. The Balaban J connectivity index is 2.07. The zero-order chi connectivity index (χ0) is 13.9. The minimum absolute atomic E-state index is 0.0969. The lowest BCUT2D eigenvalue weighted by atomic mass is 9.98. The molecule has 0 radical (unpaired) electrons. The van der Waals surface area contributed by atoms with Gasteiger partial charge in [-0.25, -0.2) is 0 Å². The molecule has 1 atom stereocenters. The molecule has 1 aliphatic rings. The van der Waals surface area contributed by atoms with Gasteiger partial charge in [-0.1, -0.05) is 24.6 Å². The van der Waals surface area contributed by atoms with Crippen molar-refractivity contribution in [2.75, 3.05) is 13.2 Å². The number of aryl methyl sites for hydroxylation is 1. The van der Waals surface area contributed by atoms with Crippen LogP contribution in [0.15, 0.2) is 29.2 Å². The van der Waals surface area contributed by atoms with Gasteiger partial charge in [0, 0.05) is 6.61 Å². The van der Waals surface area contributed by atoms with E-state index in [0.29, 0.717) is 6.61 Å². The maximum absolute atomic E-state index is 12.1. The van der Waals surface area contributed by atoms with Crippen molar-refractivity contribution in [3.05, 3.63) is 29.8 Å². The number of benzene rings is 1. The fourth-order valence-corrected chi connectivity index (χ4v) is 3.18. The number of hydrogen-bond acceptors (Lipinski definition) is 4. The van der Waals surface area contributed by atoms with Crippen LogP contribution in [0.3, 0.4) is 0 Å². The molecule has 0 spiro atoms. The third-order valence-corrected chi connectivity index (χ3v) is 4.89. The fourth-order valence-electron chi connectivity index (χ4n) is 2.21. The van der Waals surface area contributed by atoms with Crippen LogP contribution in [0.2, 0.25) is 0 Å². The van der Waals surface area contributed by atoms with E-state index in [1.807, 2.05) is 13.8 Å². The molecule has 0 saturated carbocycles. The first-order valence-electron chi connectivity index (χ1n) is 6.57. The molecule has 1 saturated heterocycles. The standard InChI is InChI=1S/C14H20O4S/c1-3-14(9-4-10-17-14)11-18-19(15,16)13-7-5-12(2)6-8-13/h5-8H,3-4,9-11H2,1-2H3. The summed E-state index contributed by atoms with van der Waals surface area (Å²) in [5.41, 5.74) is 0.584. The van der Waals surface area contributed by atoms with Gasteiger partial charge >= 0.3 is 0 Å². The molecule has 0 bridgehead atoms. The number of rotatable bonds is 5. The molecule has 19 heavy (non-hydrogen) atoms. The Kier molecular flexibility index (Phi) is 4.28. The summed E-state index contributed by atoms with van der Waals surface area (Å²) < 4.78 is 35.0. The van der Waals surface area contributed by atoms with E-state index in [1.165, 1.54) is 0 Å². The summed E-state index contributed by atoms with van der Waals surface area (Å²) in [5, 5.41) is 0. The Hall–Kier alpha value is -0.910. The Morgan fingerprint density at radius 3 is 2.53 bits per heavy atom. The first-order chi connectivity index (χ1) is 8.97. The smallest absolute Gasteiger partial charge is 0.297 e. The van der Waals surface area contributed by atoms with Crippen LogP contribution in [-0.4, -0.2) is 27.2 Å². The summed E-state index contributed by atoms with van der Waals surface area (Å²) >= 11 is 0. The van der Waals surface area contributed by atoms with Crippen LogP contribution in [0.4, 0.5) is 0 Å². The van der Waals surface area contributed by atoms with Gasteiger partial charge in [-0.05, 0) is 38.3 Å². The molecule has 1 fully saturated rings. The summed E-state index contributed by atoms with van der Waals surface area (Å²) in [4.78, 5) is 0.197. The first-order valence-corrected chi connectivity index (χ1v) is 7.98. The van der Waals surface area contributed by atoms with Gasteiger partial charge in [0.1, 0.15) is 0 Å². The molecule has 106 valence electrons.